The van der Waals surface area contributed by atoms with Gasteiger partial charge in [0.2, 0.25) is 5.89 Å². The topological polar surface area (TPSA) is 43.9 Å². The Morgan fingerprint density at radius 1 is 0.591 bits per heavy atom. The van der Waals surface area contributed by atoms with Crippen LogP contribution in [0.4, 0.5) is 0 Å². The summed E-state index contributed by atoms with van der Waals surface area (Å²) in [6.45, 7) is 0. The summed E-state index contributed by atoms with van der Waals surface area (Å²) in [6, 6.07) is 38.3. The van der Waals surface area contributed by atoms with Gasteiger partial charge in [0.05, 0.1) is 16.7 Å². The number of hydrogen-bond donors (Lipinski definition) is 0. The molecule has 0 unspecified atom stereocenters. The van der Waals surface area contributed by atoms with E-state index >= 15 is 0 Å². The van der Waals surface area contributed by atoms with Crippen LogP contribution in [0.1, 0.15) is 0 Å². The van der Waals surface area contributed by atoms with E-state index in [2.05, 4.69) is 104 Å². The summed E-state index contributed by atoms with van der Waals surface area (Å²) in [7, 11) is 0. The summed E-state index contributed by atoms with van der Waals surface area (Å²) in [5, 5.41) is 11.0. The zero-order valence-electron chi connectivity index (χ0n) is 23.3. The molecule has 6 heteroatoms. The van der Waals surface area contributed by atoms with Crippen molar-refractivity contribution in [3.63, 3.8) is 0 Å². The molecule has 0 amide bonds. The zero-order valence-corrected chi connectivity index (χ0v) is 25.0. The minimum Gasteiger partial charge on any atom is -0.436 e. The molecular weight excluding hydrogens is 579 g/mol. The average molecular weight is 602 g/mol. The Morgan fingerprint density at radius 3 is 2.25 bits per heavy atom. The normalized spacial score (nSPS) is 11.6. The van der Waals surface area contributed by atoms with E-state index in [1.54, 1.807) is 22.7 Å². The highest BCUT2D eigenvalue weighted by molar-refractivity contribution is 7.08. The molecule has 208 valence electrons. The number of aromatic nitrogens is 3. The van der Waals surface area contributed by atoms with E-state index < -0.39 is 0 Å². The quantitative estimate of drug-likeness (QED) is 0.197. The molecule has 0 aliphatic rings. The standard InChI is InChI=1S/C38H23N3OS2/c1-2-10-37-34(9-1)40-38(42-37)32-21-36-31(20-29(32)27-14-17-44-23-27)30-19-24(26-13-16-43-22-26)11-12-35(30)41(36)28-7-5-6-25(18-28)33-8-3-4-15-39-33/h1-23H. The van der Waals surface area contributed by atoms with E-state index in [1.807, 2.05) is 42.6 Å². The molecule has 0 saturated heterocycles. The van der Waals surface area contributed by atoms with E-state index in [0.717, 1.165) is 55.8 Å². The van der Waals surface area contributed by atoms with Crippen molar-refractivity contribution in [1.29, 1.82) is 0 Å². The van der Waals surface area contributed by atoms with Gasteiger partial charge in [-0.2, -0.15) is 22.7 Å². The minimum absolute atomic E-state index is 0.618. The maximum Gasteiger partial charge on any atom is 0.228 e. The van der Waals surface area contributed by atoms with Crippen molar-refractivity contribution in [2.24, 2.45) is 0 Å². The fourth-order valence-electron chi connectivity index (χ4n) is 6.11. The van der Waals surface area contributed by atoms with Gasteiger partial charge in [-0.05, 0) is 117 Å². The number of thiophene rings is 2. The third kappa shape index (κ3) is 4.11. The number of pyridine rings is 1. The van der Waals surface area contributed by atoms with Crippen molar-refractivity contribution < 1.29 is 4.42 Å². The lowest BCUT2D eigenvalue weighted by Crippen LogP contribution is -1.95. The van der Waals surface area contributed by atoms with E-state index in [4.69, 9.17) is 9.40 Å². The van der Waals surface area contributed by atoms with Gasteiger partial charge in [-0.15, -0.1) is 0 Å². The van der Waals surface area contributed by atoms with Gasteiger partial charge in [0.1, 0.15) is 5.52 Å². The molecule has 4 nitrogen and oxygen atoms in total. The monoisotopic (exact) mass is 601 g/mol. The van der Waals surface area contributed by atoms with Crippen LogP contribution in [0.15, 0.2) is 141 Å². The van der Waals surface area contributed by atoms with Gasteiger partial charge in [-0.1, -0.05) is 36.4 Å². The maximum absolute atomic E-state index is 6.38. The molecule has 0 spiro atoms. The van der Waals surface area contributed by atoms with Crippen LogP contribution in [0.3, 0.4) is 0 Å². The lowest BCUT2D eigenvalue weighted by molar-refractivity contribution is 0.620. The van der Waals surface area contributed by atoms with Crippen LogP contribution in [-0.2, 0) is 0 Å². The largest absolute Gasteiger partial charge is 0.436 e. The number of para-hydroxylation sites is 2. The smallest absolute Gasteiger partial charge is 0.228 e. The highest BCUT2D eigenvalue weighted by Gasteiger charge is 2.21. The van der Waals surface area contributed by atoms with Gasteiger partial charge in [0, 0.05) is 33.8 Å². The molecule has 0 aliphatic carbocycles. The van der Waals surface area contributed by atoms with Crippen molar-refractivity contribution >= 4 is 55.6 Å². The van der Waals surface area contributed by atoms with Crippen molar-refractivity contribution in [3.8, 4) is 50.7 Å². The fraction of sp³-hybridized carbons (Fsp3) is 0. The zero-order chi connectivity index (χ0) is 29.0. The first-order chi connectivity index (χ1) is 21.8. The van der Waals surface area contributed by atoms with Crippen molar-refractivity contribution in [1.82, 2.24) is 14.5 Å². The minimum atomic E-state index is 0.618. The molecule has 0 radical (unpaired) electrons. The number of rotatable bonds is 5. The molecule has 4 aromatic carbocycles. The summed E-state index contributed by atoms with van der Waals surface area (Å²) in [6.07, 6.45) is 1.84. The number of oxazole rings is 1. The van der Waals surface area contributed by atoms with E-state index in [1.165, 1.54) is 21.9 Å². The summed E-state index contributed by atoms with van der Waals surface area (Å²) in [4.78, 5) is 9.56. The Kier molecular flexibility index (Phi) is 5.82. The molecule has 44 heavy (non-hydrogen) atoms. The van der Waals surface area contributed by atoms with Gasteiger partial charge in [0.15, 0.2) is 5.58 Å². The van der Waals surface area contributed by atoms with Gasteiger partial charge >= 0.3 is 0 Å². The predicted octanol–water partition coefficient (Wildman–Crippen LogP) is 11.1. The SMILES string of the molecule is c1ccc(-c2cccc(-n3c4ccc(-c5ccsc5)cc4c4cc(-c5ccsc5)c(-c5nc6ccccc6o5)cc43)c2)nc1. The average Bonchev–Trinajstić information content (AvgIpc) is 3.90. The number of nitrogens with zero attached hydrogens (tertiary/aromatic N) is 3. The molecule has 5 heterocycles. The molecule has 0 N–H and O–H groups in total. The fourth-order valence-corrected chi connectivity index (χ4v) is 7.43. The second-order valence-electron chi connectivity index (χ2n) is 10.8. The molecule has 0 fully saturated rings. The summed E-state index contributed by atoms with van der Waals surface area (Å²) >= 11 is 3.41. The molecule has 0 saturated carbocycles. The molecule has 9 aromatic rings. The Morgan fingerprint density at radius 2 is 1.43 bits per heavy atom. The van der Waals surface area contributed by atoms with Crippen LogP contribution >= 0.6 is 22.7 Å². The number of fused-ring (bicyclic) bond motifs is 4. The molecule has 0 bridgehead atoms. The third-order valence-electron chi connectivity index (χ3n) is 8.18. The Hall–Kier alpha value is -5.30. The van der Waals surface area contributed by atoms with E-state index in [9.17, 15) is 0 Å². The number of benzene rings is 4. The summed E-state index contributed by atoms with van der Waals surface area (Å²) in [5.41, 5.74) is 12.6. The summed E-state index contributed by atoms with van der Waals surface area (Å²) < 4.78 is 8.74. The first-order valence-corrected chi connectivity index (χ1v) is 16.2. The van der Waals surface area contributed by atoms with Gasteiger partial charge in [-0.3, -0.25) is 4.98 Å². The first-order valence-electron chi connectivity index (χ1n) is 14.4. The molecule has 5 aromatic heterocycles. The predicted molar refractivity (Wildman–Crippen MR) is 184 cm³/mol. The lowest BCUT2D eigenvalue weighted by atomic mass is 9.98. The highest BCUT2D eigenvalue weighted by Crippen LogP contribution is 2.43. The van der Waals surface area contributed by atoms with Gasteiger partial charge in [0.25, 0.3) is 0 Å². The summed E-state index contributed by atoms with van der Waals surface area (Å²) in [5.74, 6) is 0.618. The highest BCUT2D eigenvalue weighted by atomic mass is 32.1. The van der Waals surface area contributed by atoms with Crippen LogP contribution in [0.25, 0.3) is 83.6 Å². The van der Waals surface area contributed by atoms with Crippen LogP contribution in [0, 0.1) is 0 Å². The Balaban J connectivity index is 1.37. The third-order valence-corrected chi connectivity index (χ3v) is 9.55. The Labute approximate surface area is 261 Å². The van der Waals surface area contributed by atoms with Crippen LogP contribution < -0.4 is 0 Å². The molecule has 9 rings (SSSR count). The van der Waals surface area contributed by atoms with Gasteiger partial charge < -0.3 is 8.98 Å². The molecule has 0 atom stereocenters. The van der Waals surface area contributed by atoms with Crippen molar-refractivity contribution in [3.05, 3.63) is 137 Å². The van der Waals surface area contributed by atoms with Crippen LogP contribution in [-0.4, -0.2) is 14.5 Å². The van der Waals surface area contributed by atoms with Crippen LogP contribution in [0.2, 0.25) is 0 Å². The number of hydrogen-bond acceptors (Lipinski definition) is 5. The van der Waals surface area contributed by atoms with E-state index in [-0.39, 0.29) is 0 Å². The molecule has 0 aliphatic heterocycles. The second kappa shape index (κ2) is 10.2. The van der Waals surface area contributed by atoms with Crippen molar-refractivity contribution in [2.45, 2.75) is 0 Å². The Bertz CT molecular complexity index is 2400. The lowest BCUT2D eigenvalue weighted by Gasteiger charge is -2.12. The van der Waals surface area contributed by atoms with E-state index in [0.29, 0.717) is 5.89 Å². The van der Waals surface area contributed by atoms with Crippen LogP contribution in [0.5, 0.6) is 0 Å². The second-order valence-corrected chi connectivity index (χ2v) is 12.3. The molecular formula is C38H23N3OS2. The first kappa shape index (κ1) is 25.2. The maximum atomic E-state index is 6.38. The van der Waals surface area contributed by atoms with Crippen molar-refractivity contribution in [2.75, 3.05) is 0 Å². The van der Waals surface area contributed by atoms with Gasteiger partial charge in [-0.25, -0.2) is 4.98 Å².